The van der Waals surface area contributed by atoms with E-state index in [2.05, 4.69) is 5.32 Å². The van der Waals surface area contributed by atoms with E-state index >= 15 is 0 Å². The largest absolute Gasteiger partial charge is 0.421 e. The smallest absolute Gasteiger partial charge is 0.346 e. The zero-order valence-corrected chi connectivity index (χ0v) is 13.6. The van der Waals surface area contributed by atoms with Crippen LogP contribution in [0.1, 0.15) is 11.1 Å². The van der Waals surface area contributed by atoms with Crippen molar-refractivity contribution in [2.24, 2.45) is 0 Å². The summed E-state index contributed by atoms with van der Waals surface area (Å²) in [5.41, 5.74) is 2.22. The van der Waals surface area contributed by atoms with Gasteiger partial charge in [0.2, 0.25) is 0 Å². The minimum atomic E-state index is -0.557. The maximum atomic E-state index is 12.4. The van der Waals surface area contributed by atoms with Crippen molar-refractivity contribution in [2.45, 2.75) is 0 Å². The first kappa shape index (κ1) is 15.0. The number of halogens is 2. The molecule has 0 spiro atoms. The van der Waals surface area contributed by atoms with Crippen molar-refractivity contribution in [3.8, 4) is 0 Å². The van der Waals surface area contributed by atoms with Crippen LogP contribution >= 0.6 is 23.2 Å². The van der Waals surface area contributed by atoms with E-state index < -0.39 is 5.97 Å². The number of hydrogen-bond acceptors (Lipinski definition) is 3. The van der Waals surface area contributed by atoms with Gasteiger partial charge in [-0.1, -0.05) is 35.3 Å². The molecule has 0 radical (unpaired) electrons. The molecule has 0 bridgehead atoms. The van der Waals surface area contributed by atoms with E-state index in [0.717, 1.165) is 0 Å². The Labute approximate surface area is 147 Å². The van der Waals surface area contributed by atoms with Crippen molar-refractivity contribution in [2.75, 3.05) is 0 Å². The Morgan fingerprint density at radius 1 is 0.750 bits per heavy atom. The first-order valence-electron chi connectivity index (χ1n) is 7.09. The van der Waals surface area contributed by atoms with Crippen molar-refractivity contribution in [3.63, 3.8) is 0 Å². The second kappa shape index (κ2) is 5.51. The molecule has 0 atom stereocenters. The maximum Gasteiger partial charge on any atom is 0.346 e. The van der Waals surface area contributed by atoms with Gasteiger partial charge in [-0.15, -0.1) is 0 Å². The molecule has 1 N–H and O–H groups in total. The second-order valence-corrected chi connectivity index (χ2v) is 6.18. The Morgan fingerprint density at radius 3 is 1.88 bits per heavy atom. The van der Waals surface area contributed by atoms with Crippen LogP contribution in [0.5, 0.6) is 0 Å². The molecule has 118 valence electrons. The van der Waals surface area contributed by atoms with Crippen LogP contribution in [0.15, 0.2) is 59.7 Å². The fourth-order valence-corrected chi connectivity index (χ4v) is 2.98. The molecule has 0 saturated carbocycles. The summed E-state index contributed by atoms with van der Waals surface area (Å²) in [6.07, 6.45) is 0. The average molecular weight is 358 g/mol. The Morgan fingerprint density at radius 2 is 1.29 bits per heavy atom. The molecule has 0 fully saturated rings. The van der Waals surface area contributed by atoms with Gasteiger partial charge in [-0.25, -0.2) is 4.79 Å². The molecule has 0 unspecified atom stereocenters. The molecule has 24 heavy (non-hydrogen) atoms. The fourth-order valence-electron chi connectivity index (χ4n) is 2.73. The third-order valence-electron chi connectivity index (χ3n) is 3.83. The Bertz CT molecular complexity index is 862. The van der Waals surface area contributed by atoms with Gasteiger partial charge in [0, 0.05) is 15.6 Å². The van der Waals surface area contributed by atoms with Crippen molar-refractivity contribution in [3.05, 3.63) is 80.8 Å². The highest BCUT2D eigenvalue weighted by Gasteiger charge is 2.42. The van der Waals surface area contributed by atoms with Crippen molar-refractivity contribution in [1.29, 1.82) is 0 Å². The molecule has 2 aliphatic heterocycles. The van der Waals surface area contributed by atoms with Gasteiger partial charge in [-0.05, 0) is 42.0 Å². The highest BCUT2D eigenvalue weighted by Crippen LogP contribution is 2.40. The average Bonchev–Trinajstić information content (AvgIpc) is 3.08. The van der Waals surface area contributed by atoms with Gasteiger partial charge in [0.05, 0.1) is 11.3 Å². The van der Waals surface area contributed by atoms with Gasteiger partial charge in [-0.2, -0.15) is 0 Å². The summed E-state index contributed by atoms with van der Waals surface area (Å²) in [5, 5.41) is 3.87. The predicted molar refractivity (Wildman–Crippen MR) is 91.0 cm³/mol. The van der Waals surface area contributed by atoms with Gasteiger partial charge >= 0.3 is 5.97 Å². The number of cyclic esters (lactones) is 1. The number of carbonyl (C=O) groups is 2. The third kappa shape index (κ3) is 2.31. The summed E-state index contributed by atoms with van der Waals surface area (Å²) in [5.74, 6) is -0.683. The highest BCUT2D eigenvalue weighted by molar-refractivity contribution is 6.31. The van der Waals surface area contributed by atoms with Crippen molar-refractivity contribution < 1.29 is 14.3 Å². The van der Waals surface area contributed by atoms with Gasteiger partial charge in [-0.3, -0.25) is 4.79 Å². The monoisotopic (exact) mass is 357 g/mol. The highest BCUT2D eigenvalue weighted by atomic mass is 35.5. The van der Waals surface area contributed by atoms with E-state index in [1.165, 1.54) is 0 Å². The number of esters is 1. The van der Waals surface area contributed by atoms with E-state index in [0.29, 0.717) is 26.9 Å². The molecule has 2 aromatic rings. The van der Waals surface area contributed by atoms with Crippen LogP contribution in [-0.4, -0.2) is 11.9 Å². The number of rotatable bonds is 2. The molecule has 4 nitrogen and oxygen atoms in total. The molecule has 4 rings (SSSR count). The zero-order chi connectivity index (χ0) is 16.8. The molecule has 2 heterocycles. The van der Waals surface area contributed by atoms with Gasteiger partial charge in [0.25, 0.3) is 5.91 Å². The second-order valence-electron chi connectivity index (χ2n) is 5.31. The third-order valence-corrected chi connectivity index (χ3v) is 4.33. The lowest BCUT2D eigenvalue weighted by molar-refractivity contribution is -0.131. The Balaban J connectivity index is 1.88. The van der Waals surface area contributed by atoms with E-state index in [9.17, 15) is 9.59 Å². The minimum Gasteiger partial charge on any atom is -0.421 e. The van der Waals surface area contributed by atoms with Gasteiger partial charge in [0.1, 0.15) is 5.57 Å². The number of benzene rings is 2. The van der Waals surface area contributed by atoms with Crippen LogP contribution in [0.2, 0.25) is 10.0 Å². The first-order chi connectivity index (χ1) is 11.5. The molecule has 0 aliphatic carbocycles. The van der Waals surface area contributed by atoms with E-state index in [1.807, 2.05) is 0 Å². The molecule has 6 heteroatoms. The fraction of sp³-hybridized carbons (Fsp3) is 0. The lowest BCUT2D eigenvalue weighted by Gasteiger charge is -2.06. The zero-order valence-electron chi connectivity index (χ0n) is 12.1. The van der Waals surface area contributed by atoms with E-state index in [4.69, 9.17) is 27.9 Å². The quantitative estimate of drug-likeness (QED) is 0.831. The summed E-state index contributed by atoms with van der Waals surface area (Å²) >= 11 is 11.8. The van der Waals surface area contributed by atoms with Crippen LogP contribution in [0, 0.1) is 0 Å². The summed E-state index contributed by atoms with van der Waals surface area (Å²) in [7, 11) is 0. The van der Waals surface area contributed by atoms with Crippen LogP contribution in [0.4, 0.5) is 0 Å². The lowest BCUT2D eigenvalue weighted by atomic mass is 10.0. The minimum absolute atomic E-state index is 0.243. The number of fused-ring (bicyclic) bond motifs is 1. The normalized spacial score (nSPS) is 16.4. The SMILES string of the molecule is O=C1NC(c2ccc(Cl)cc2)=C2C(=O)OC(c3ccc(Cl)cc3)=C12. The van der Waals surface area contributed by atoms with Crippen LogP contribution in [0.3, 0.4) is 0 Å². The first-order valence-corrected chi connectivity index (χ1v) is 7.84. The number of amides is 1. The summed E-state index contributed by atoms with van der Waals surface area (Å²) in [6.45, 7) is 0. The van der Waals surface area contributed by atoms with E-state index in [1.54, 1.807) is 48.5 Å². The van der Waals surface area contributed by atoms with Gasteiger partial charge in [0.15, 0.2) is 5.76 Å². The number of carbonyl (C=O) groups excluding carboxylic acids is 2. The number of nitrogens with one attached hydrogen (secondary N) is 1. The summed E-state index contributed by atoms with van der Waals surface area (Å²) in [4.78, 5) is 24.7. The lowest BCUT2D eigenvalue weighted by Crippen LogP contribution is -2.17. The summed E-state index contributed by atoms with van der Waals surface area (Å²) in [6, 6.07) is 13.6. The predicted octanol–water partition coefficient (Wildman–Crippen LogP) is 3.80. The number of hydrogen-bond donors (Lipinski definition) is 1. The molecular weight excluding hydrogens is 349 g/mol. The molecule has 2 aromatic carbocycles. The topological polar surface area (TPSA) is 55.4 Å². The van der Waals surface area contributed by atoms with E-state index in [-0.39, 0.29) is 22.8 Å². The Kier molecular flexibility index (Phi) is 3.44. The molecule has 1 amide bonds. The molecule has 0 saturated heterocycles. The maximum absolute atomic E-state index is 12.4. The van der Waals surface area contributed by atoms with Crippen molar-refractivity contribution >= 4 is 46.5 Å². The summed E-state index contributed by atoms with van der Waals surface area (Å²) < 4.78 is 5.35. The molecule has 2 aliphatic rings. The van der Waals surface area contributed by atoms with Crippen LogP contribution in [0.25, 0.3) is 11.5 Å². The standard InChI is InChI=1S/C18H9Cl2NO3/c19-11-5-1-9(2-6-11)15-13-14(17(22)21-15)16(24-18(13)23)10-3-7-12(20)8-4-10/h1-8H,(H,21,22). The molecule has 0 aromatic heterocycles. The molecular formula is C18H9Cl2NO3. The van der Waals surface area contributed by atoms with Crippen LogP contribution < -0.4 is 5.32 Å². The Hall–Kier alpha value is -2.56. The van der Waals surface area contributed by atoms with Crippen LogP contribution in [-0.2, 0) is 14.3 Å². The number of ether oxygens (including phenoxy) is 1. The van der Waals surface area contributed by atoms with Crippen molar-refractivity contribution in [1.82, 2.24) is 5.32 Å². The van der Waals surface area contributed by atoms with Gasteiger partial charge < -0.3 is 10.1 Å².